The Bertz CT molecular complexity index is 537. The molecule has 0 saturated carbocycles. The first-order chi connectivity index (χ1) is 16.6. The highest BCUT2D eigenvalue weighted by Crippen LogP contribution is 2.36. The number of carboxylic acid groups (broad SMARTS) is 1. The third-order valence-electron chi connectivity index (χ3n) is 5.50. The molecule has 35 heavy (non-hydrogen) atoms. The van der Waals surface area contributed by atoms with Crippen molar-refractivity contribution in [3.05, 3.63) is 0 Å². The smallest absolute Gasteiger partial charge is 0.305 e. The normalized spacial score (nSPS) is 12.1. The highest BCUT2D eigenvalue weighted by atomic mass is 28.4. The average Bonchev–Trinajstić information content (AvgIpc) is 2.77. The monoisotopic (exact) mass is 524 g/mol. The molecule has 0 rings (SSSR count). The van der Waals surface area contributed by atoms with E-state index in [0.29, 0.717) is 85.5 Å². The first kappa shape index (κ1) is 33.9. The van der Waals surface area contributed by atoms with Gasteiger partial charge in [0, 0.05) is 12.8 Å². The van der Waals surface area contributed by atoms with E-state index in [-0.39, 0.29) is 30.5 Å². The number of hydrogen-bond acceptors (Lipinski definition) is 9. The number of hydrogen-bond donors (Lipinski definition) is 1. The van der Waals surface area contributed by atoms with Crippen LogP contribution < -0.4 is 0 Å². The molecule has 0 bridgehead atoms. The van der Waals surface area contributed by atoms with Gasteiger partial charge in [-0.25, -0.2) is 0 Å². The zero-order chi connectivity index (χ0) is 26.4. The predicted molar refractivity (Wildman–Crippen MR) is 134 cm³/mol. The molecule has 0 aliphatic carbocycles. The molecule has 0 atom stereocenters. The van der Waals surface area contributed by atoms with Gasteiger partial charge >= 0.3 is 11.9 Å². The molecule has 0 aromatic rings. The second-order valence-electron chi connectivity index (χ2n) is 9.49. The molecule has 0 saturated heterocycles. The molecule has 0 aliphatic heterocycles. The Labute approximate surface area is 212 Å². The van der Waals surface area contributed by atoms with Crippen LogP contribution in [0, 0.1) is 0 Å². The van der Waals surface area contributed by atoms with Crippen LogP contribution >= 0.6 is 0 Å². The quantitative estimate of drug-likeness (QED) is 0.114. The van der Waals surface area contributed by atoms with Gasteiger partial charge in [-0.3, -0.25) is 9.59 Å². The molecule has 0 heterocycles. The van der Waals surface area contributed by atoms with Gasteiger partial charge in [0.15, 0.2) is 8.32 Å². The van der Waals surface area contributed by atoms with Crippen LogP contribution in [0.15, 0.2) is 0 Å². The van der Waals surface area contributed by atoms with Gasteiger partial charge < -0.3 is 38.0 Å². The maximum Gasteiger partial charge on any atom is 0.305 e. The highest BCUT2D eigenvalue weighted by molar-refractivity contribution is 6.74. The number of esters is 1. The Balaban J connectivity index is 3.25. The van der Waals surface area contributed by atoms with E-state index in [0.717, 1.165) is 0 Å². The maximum absolute atomic E-state index is 11.4. The summed E-state index contributed by atoms with van der Waals surface area (Å²) >= 11 is 0. The van der Waals surface area contributed by atoms with Crippen LogP contribution in [0.25, 0.3) is 0 Å². The average molecular weight is 525 g/mol. The van der Waals surface area contributed by atoms with E-state index in [1.54, 1.807) is 0 Å². The number of unbranched alkanes of at least 4 members (excludes halogenated alkanes) is 1. The topological polar surface area (TPSA) is 119 Å². The zero-order valence-electron chi connectivity index (χ0n) is 22.4. The first-order valence-electron chi connectivity index (χ1n) is 12.5. The van der Waals surface area contributed by atoms with E-state index in [4.69, 9.17) is 38.0 Å². The fraction of sp³-hybridized carbons (Fsp3) is 0.917. The van der Waals surface area contributed by atoms with Gasteiger partial charge in [-0.2, -0.15) is 0 Å². The van der Waals surface area contributed by atoms with Gasteiger partial charge in [0.25, 0.3) is 0 Å². The minimum atomic E-state index is -1.70. The predicted octanol–water partition coefficient (Wildman–Crippen LogP) is 3.28. The summed E-state index contributed by atoms with van der Waals surface area (Å²) in [6.07, 6.45) is 1.27. The molecule has 208 valence electrons. The third-order valence-corrected chi connectivity index (χ3v) is 10.0. The van der Waals surface area contributed by atoms with Crippen LogP contribution in [0.3, 0.4) is 0 Å². The van der Waals surface area contributed by atoms with Gasteiger partial charge in [0.2, 0.25) is 0 Å². The van der Waals surface area contributed by atoms with E-state index < -0.39 is 14.3 Å². The molecule has 0 amide bonds. The molecule has 0 unspecified atom stereocenters. The number of carbonyl (C=O) groups excluding carboxylic acids is 1. The Morgan fingerprint density at radius 1 is 0.629 bits per heavy atom. The van der Waals surface area contributed by atoms with Crippen molar-refractivity contribution in [2.24, 2.45) is 0 Å². The van der Waals surface area contributed by atoms with Crippen LogP contribution in [0.4, 0.5) is 0 Å². The van der Waals surface area contributed by atoms with Gasteiger partial charge in [-0.15, -0.1) is 0 Å². The van der Waals surface area contributed by atoms with Gasteiger partial charge in [-0.05, 0) is 31.0 Å². The fourth-order valence-electron chi connectivity index (χ4n) is 2.39. The van der Waals surface area contributed by atoms with Crippen molar-refractivity contribution < 1.29 is 47.5 Å². The molecule has 0 spiro atoms. The van der Waals surface area contributed by atoms with Crippen molar-refractivity contribution in [3.63, 3.8) is 0 Å². The summed E-state index contributed by atoms with van der Waals surface area (Å²) < 4.78 is 38.2. The van der Waals surface area contributed by atoms with Crippen molar-refractivity contribution in [1.29, 1.82) is 0 Å². The molecular weight excluding hydrogens is 476 g/mol. The summed E-state index contributed by atoms with van der Waals surface area (Å²) in [6, 6.07) is 0. The lowest BCUT2D eigenvalue weighted by molar-refractivity contribution is -0.146. The summed E-state index contributed by atoms with van der Waals surface area (Å²) in [5, 5.41) is 8.73. The van der Waals surface area contributed by atoms with Crippen molar-refractivity contribution in [1.82, 2.24) is 0 Å². The Kier molecular flexibility index (Phi) is 20.4. The SMILES string of the molecule is CC(C)(C)[Si](C)(C)OCCOCCOCCOCCOCCOCCOC(=O)CCCCC(=O)O. The molecule has 0 radical (unpaired) electrons. The molecule has 0 fully saturated rings. The number of rotatable bonds is 24. The molecule has 1 N–H and O–H groups in total. The van der Waals surface area contributed by atoms with E-state index in [1.165, 1.54) is 0 Å². The fourth-order valence-corrected chi connectivity index (χ4v) is 3.41. The largest absolute Gasteiger partial charge is 0.481 e. The van der Waals surface area contributed by atoms with Crippen LogP contribution in [0.2, 0.25) is 18.1 Å². The van der Waals surface area contributed by atoms with Crippen LogP contribution in [0.5, 0.6) is 0 Å². The summed E-state index contributed by atoms with van der Waals surface area (Å²) in [7, 11) is -1.70. The van der Waals surface area contributed by atoms with E-state index in [9.17, 15) is 9.59 Å². The minimum absolute atomic E-state index is 0.0687. The van der Waals surface area contributed by atoms with Crippen molar-refractivity contribution >= 4 is 20.3 Å². The Morgan fingerprint density at radius 3 is 1.40 bits per heavy atom. The summed E-state index contributed by atoms with van der Waals surface area (Å²) in [5.41, 5.74) is 0. The summed E-state index contributed by atoms with van der Waals surface area (Å²) in [5.74, 6) is -1.19. The number of aliphatic carboxylic acids is 1. The van der Waals surface area contributed by atoms with Crippen LogP contribution in [-0.2, 0) is 42.4 Å². The second-order valence-corrected chi connectivity index (χ2v) is 14.3. The van der Waals surface area contributed by atoms with Crippen molar-refractivity contribution in [3.8, 4) is 0 Å². The standard InChI is InChI=1S/C24H48O10Si/c1-24(2,3)35(4,5)34-21-19-32-17-15-30-13-11-28-10-12-29-14-16-31-18-20-33-23(27)9-7-6-8-22(25)26/h6-21H2,1-5H3,(H,25,26). The second kappa shape index (κ2) is 21.0. The van der Waals surface area contributed by atoms with E-state index in [1.807, 2.05) is 0 Å². The van der Waals surface area contributed by atoms with Crippen LogP contribution in [-0.4, -0.2) is 105 Å². The molecule has 0 aromatic heterocycles. The molecule has 10 nitrogen and oxygen atoms in total. The lowest BCUT2D eigenvalue weighted by Crippen LogP contribution is -2.41. The molecule has 0 aliphatic rings. The zero-order valence-corrected chi connectivity index (χ0v) is 23.4. The van der Waals surface area contributed by atoms with E-state index >= 15 is 0 Å². The highest BCUT2D eigenvalue weighted by Gasteiger charge is 2.36. The Hall–Kier alpha value is -1.08. The van der Waals surface area contributed by atoms with Gasteiger partial charge in [0.05, 0.1) is 72.7 Å². The first-order valence-corrected chi connectivity index (χ1v) is 15.4. The Morgan fingerprint density at radius 2 is 1.00 bits per heavy atom. The van der Waals surface area contributed by atoms with Gasteiger partial charge in [-0.1, -0.05) is 20.8 Å². The molecule has 0 aromatic carbocycles. The van der Waals surface area contributed by atoms with E-state index in [2.05, 4.69) is 33.9 Å². The lowest BCUT2D eigenvalue weighted by Gasteiger charge is -2.36. The number of ether oxygens (including phenoxy) is 6. The number of carboxylic acids is 1. The minimum Gasteiger partial charge on any atom is -0.481 e. The molecule has 11 heteroatoms. The number of carbonyl (C=O) groups is 2. The summed E-state index contributed by atoms with van der Waals surface area (Å²) in [4.78, 5) is 21.8. The maximum atomic E-state index is 11.4. The van der Waals surface area contributed by atoms with Crippen LogP contribution in [0.1, 0.15) is 46.5 Å². The van der Waals surface area contributed by atoms with Gasteiger partial charge in [0.1, 0.15) is 6.61 Å². The third kappa shape index (κ3) is 21.9. The van der Waals surface area contributed by atoms with Crippen molar-refractivity contribution in [2.45, 2.75) is 64.6 Å². The summed E-state index contributed by atoms with van der Waals surface area (Å²) in [6.45, 7) is 16.6. The molecular formula is C24H48O10Si. The lowest BCUT2D eigenvalue weighted by atomic mass is 10.2. The van der Waals surface area contributed by atoms with Crippen molar-refractivity contribution in [2.75, 3.05) is 79.3 Å².